The number of aromatic nitrogens is 2. The Bertz CT molecular complexity index is 1420. The molecule has 3 aliphatic rings. The molecule has 2 amide bonds. The summed E-state index contributed by atoms with van der Waals surface area (Å²) in [5.74, 6) is -3.78. The molecule has 39 heavy (non-hydrogen) atoms. The molecular formula is C25H28ClF2N5O5S. The average molecular weight is 584 g/mol. The van der Waals surface area contributed by atoms with Crippen molar-refractivity contribution in [1.82, 2.24) is 20.0 Å². The van der Waals surface area contributed by atoms with Gasteiger partial charge in [-0.1, -0.05) is 17.7 Å². The number of carbonyl (C=O) groups is 2. The summed E-state index contributed by atoms with van der Waals surface area (Å²) in [5, 5.41) is 22.1. The largest absolute Gasteiger partial charge is 0.465 e. The summed E-state index contributed by atoms with van der Waals surface area (Å²) in [5.41, 5.74) is 0.838. The monoisotopic (exact) mass is 583 g/mol. The van der Waals surface area contributed by atoms with Gasteiger partial charge in [-0.05, 0) is 49.8 Å². The molecule has 0 unspecified atom stereocenters. The maximum absolute atomic E-state index is 13.4. The molecule has 3 fully saturated rings. The highest BCUT2D eigenvalue weighted by Crippen LogP contribution is 2.39. The van der Waals surface area contributed by atoms with Crippen LogP contribution in [0.3, 0.4) is 0 Å². The number of aryl methyl sites for hydroxylation is 1. The zero-order chi connectivity index (χ0) is 28.6. The molecule has 2 heterocycles. The van der Waals surface area contributed by atoms with E-state index in [2.05, 4.69) is 10.4 Å². The van der Waals surface area contributed by atoms with Crippen molar-refractivity contribution in [2.75, 3.05) is 13.1 Å². The van der Waals surface area contributed by atoms with Gasteiger partial charge in [0.05, 0.1) is 34.0 Å². The maximum Gasteiger partial charge on any atom is 0.405 e. The third kappa shape index (κ3) is 6.50. The second-order valence-electron chi connectivity index (χ2n) is 10.2. The van der Waals surface area contributed by atoms with E-state index >= 15 is 0 Å². The molecule has 2 atom stereocenters. The van der Waals surface area contributed by atoms with Crippen molar-refractivity contribution >= 4 is 33.4 Å². The Morgan fingerprint density at radius 1 is 1.23 bits per heavy atom. The Morgan fingerprint density at radius 2 is 1.95 bits per heavy atom. The summed E-state index contributed by atoms with van der Waals surface area (Å²) in [6.07, 6.45) is 4.11. The Morgan fingerprint density at radius 3 is 2.44 bits per heavy atom. The van der Waals surface area contributed by atoms with Gasteiger partial charge < -0.3 is 15.3 Å². The van der Waals surface area contributed by atoms with E-state index in [0.29, 0.717) is 25.7 Å². The first-order valence-electron chi connectivity index (χ1n) is 12.4. The van der Waals surface area contributed by atoms with E-state index in [4.69, 9.17) is 22.0 Å². The molecule has 1 saturated heterocycles. The fourth-order valence-corrected chi connectivity index (χ4v) is 7.27. The first-order chi connectivity index (χ1) is 18.2. The molecule has 10 nitrogen and oxygen atoms in total. The standard InChI is InChI=1S/C20H22ClF2N3O3S.C5H6N2O2/c1-25-11-15(10-24-25)13-3-5-18(17(21)9-13)30(28,29)16-4-2-14(8-16)19(27)26-7-6-20(22,23)12-26;6-3-5(1-2-5)7-4(8)9/h3,5,9-11,14,16H,2,4,6-8,12H2,1H3;7H,1-2H2,(H,8,9)/t14-,16-;/m1./s1. The lowest BCUT2D eigenvalue weighted by Crippen LogP contribution is -2.35. The summed E-state index contributed by atoms with van der Waals surface area (Å²) >= 11 is 6.32. The van der Waals surface area contributed by atoms with Crippen LogP contribution in [0.2, 0.25) is 5.02 Å². The SMILES string of the molecule is Cn1cc(-c2ccc(S(=O)(=O)[C@@H]3CC[C@@H](C(=O)N4CCC(F)(F)C4)C3)c(Cl)c2)cn1.N#CC1(NC(=O)O)CC1. The van der Waals surface area contributed by atoms with Gasteiger partial charge in [0.1, 0.15) is 5.54 Å². The summed E-state index contributed by atoms with van der Waals surface area (Å²) in [7, 11) is -1.96. The minimum Gasteiger partial charge on any atom is -0.465 e. The van der Waals surface area contributed by atoms with Crippen molar-refractivity contribution in [3.63, 3.8) is 0 Å². The second-order valence-corrected chi connectivity index (χ2v) is 12.8. The molecule has 2 aromatic rings. The zero-order valence-electron chi connectivity index (χ0n) is 21.1. The molecule has 5 rings (SSSR count). The number of nitrogens with one attached hydrogen (secondary N) is 1. The molecule has 1 aromatic heterocycles. The third-order valence-electron chi connectivity index (χ3n) is 7.24. The lowest BCUT2D eigenvalue weighted by atomic mass is 10.1. The van der Waals surface area contributed by atoms with E-state index in [9.17, 15) is 26.8 Å². The lowest BCUT2D eigenvalue weighted by molar-refractivity contribution is -0.135. The van der Waals surface area contributed by atoms with E-state index in [1.54, 1.807) is 36.3 Å². The minimum atomic E-state index is -3.75. The molecule has 1 aliphatic heterocycles. The summed E-state index contributed by atoms with van der Waals surface area (Å²) < 4.78 is 54.8. The average Bonchev–Trinajstić information content (AvgIpc) is 3.22. The van der Waals surface area contributed by atoms with E-state index < -0.39 is 45.1 Å². The van der Waals surface area contributed by atoms with E-state index in [0.717, 1.165) is 16.0 Å². The molecule has 2 N–H and O–H groups in total. The first-order valence-corrected chi connectivity index (χ1v) is 14.3. The van der Waals surface area contributed by atoms with E-state index in [-0.39, 0.29) is 35.2 Å². The molecule has 14 heteroatoms. The third-order valence-corrected chi connectivity index (χ3v) is 9.94. The molecule has 210 valence electrons. The molecule has 2 aliphatic carbocycles. The number of carboxylic acid groups (broad SMARTS) is 1. The van der Waals surface area contributed by atoms with Crippen LogP contribution in [0.4, 0.5) is 13.6 Å². The lowest BCUT2D eigenvalue weighted by Gasteiger charge is -2.20. The van der Waals surface area contributed by atoms with Gasteiger partial charge in [-0.3, -0.25) is 9.48 Å². The second kappa shape index (κ2) is 10.7. The summed E-state index contributed by atoms with van der Waals surface area (Å²) in [6.45, 7) is -0.567. The van der Waals surface area contributed by atoms with Gasteiger partial charge in [0.25, 0.3) is 5.92 Å². The number of hydrogen-bond acceptors (Lipinski definition) is 6. The molecule has 1 aromatic carbocycles. The highest BCUT2D eigenvalue weighted by Gasteiger charge is 2.46. The highest BCUT2D eigenvalue weighted by atomic mass is 35.5. The van der Waals surface area contributed by atoms with Crippen molar-refractivity contribution in [3.8, 4) is 17.2 Å². The fourth-order valence-electron chi connectivity index (χ4n) is 4.88. The highest BCUT2D eigenvalue weighted by molar-refractivity contribution is 7.92. The van der Waals surface area contributed by atoms with Gasteiger partial charge in [0, 0.05) is 37.7 Å². The summed E-state index contributed by atoms with van der Waals surface area (Å²) in [6, 6.07) is 6.65. The Hall–Kier alpha value is -3.24. The number of halogens is 3. The van der Waals surface area contributed by atoms with Gasteiger partial charge in [0.2, 0.25) is 5.91 Å². The molecule has 0 bridgehead atoms. The molecule has 0 spiro atoms. The van der Waals surface area contributed by atoms with Crippen LogP contribution in [-0.2, 0) is 21.7 Å². The Balaban J connectivity index is 0.000000333. The van der Waals surface area contributed by atoms with Crippen molar-refractivity contribution in [2.45, 2.75) is 60.1 Å². The van der Waals surface area contributed by atoms with E-state index in [1.165, 1.54) is 6.07 Å². The van der Waals surface area contributed by atoms with Gasteiger partial charge in [0.15, 0.2) is 9.84 Å². The van der Waals surface area contributed by atoms with Gasteiger partial charge in [-0.25, -0.2) is 22.0 Å². The topological polar surface area (TPSA) is 145 Å². The number of carbonyl (C=O) groups excluding carboxylic acids is 1. The Kier molecular flexibility index (Phi) is 7.91. The van der Waals surface area contributed by atoms with Crippen LogP contribution in [0.1, 0.15) is 38.5 Å². The van der Waals surface area contributed by atoms with Gasteiger partial charge >= 0.3 is 6.09 Å². The number of hydrogen-bond donors (Lipinski definition) is 2. The zero-order valence-corrected chi connectivity index (χ0v) is 22.7. The quantitative estimate of drug-likeness (QED) is 0.543. The van der Waals surface area contributed by atoms with Crippen LogP contribution in [-0.4, -0.2) is 70.0 Å². The van der Waals surface area contributed by atoms with Gasteiger partial charge in [-0.15, -0.1) is 0 Å². The Labute approximate surface area is 229 Å². The van der Waals surface area contributed by atoms with Crippen LogP contribution in [0.5, 0.6) is 0 Å². The van der Waals surface area contributed by atoms with Gasteiger partial charge in [-0.2, -0.15) is 10.4 Å². The first kappa shape index (κ1) is 28.8. The predicted octanol–water partition coefficient (Wildman–Crippen LogP) is 3.86. The normalized spacial score (nSPS) is 22.9. The van der Waals surface area contributed by atoms with Crippen LogP contribution >= 0.6 is 11.6 Å². The number of nitriles is 1. The smallest absolute Gasteiger partial charge is 0.405 e. The number of sulfone groups is 1. The maximum atomic E-state index is 13.4. The molecule has 0 radical (unpaired) electrons. The fraction of sp³-hybridized carbons (Fsp3) is 0.520. The number of alkyl halides is 2. The van der Waals surface area contributed by atoms with Crippen molar-refractivity contribution in [3.05, 3.63) is 35.6 Å². The van der Waals surface area contributed by atoms with Crippen LogP contribution in [0.25, 0.3) is 11.1 Å². The molecular weight excluding hydrogens is 556 g/mol. The van der Waals surface area contributed by atoms with E-state index in [1.807, 2.05) is 6.07 Å². The van der Waals surface area contributed by atoms with Crippen molar-refractivity contribution in [1.29, 1.82) is 5.26 Å². The van der Waals surface area contributed by atoms with Crippen molar-refractivity contribution in [2.24, 2.45) is 13.0 Å². The number of nitrogens with zero attached hydrogens (tertiary/aromatic N) is 4. The number of rotatable bonds is 5. The number of amides is 2. The van der Waals surface area contributed by atoms with Crippen molar-refractivity contribution < 1.29 is 31.9 Å². The van der Waals surface area contributed by atoms with Crippen LogP contribution in [0, 0.1) is 17.2 Å². The van der Waals surface area contributed by atoms with Crippen LogP contribution < -0.4 is 5.32 Å². The molecule has 2 saturated carbocycles. The number of benzene rings is 1. The minimum absolute atomic E-state index is 0.0153. The predicted molar refractivity (Wildman–Crippen MR) is 137 cm³/mol. The summed E-state index contributed by atoms with van der Waals surface area (Å²) in [4.78, 5) is 23.7. The van der Waals surface area contributed by atoms with Crippen LogP contribution in [0.15, 0.2) is 35.5 Å². The number of likely N-dealkylation sites (tertiary alicyclic amines) is 1.